The van der Waals surface area contributed by atoms with E-state index in [0.717, 1.165) is 30.0 Å². The zero-order valence-electron chi connectivity index (χ0n) is 11.6. The van der Waals surface area contributed by atoms with Crippen LogP contribution in [-0.4, -0.2) is 16.2 Å². The van der Waals surface area contributed by atoms with Crippen molar-refractivity contribution in [1.82, 2.24) is 9.55 Å². The van der Waals surface area contributed by atoms with Gasteiger partial charge >= 0.3 is 0 Å². The van der Waals surface area contributed by atoms with Crippen molar-refractivity contribution in [3.63, 3.8) is 0 Å². The molecule has 0 spiro atoms. The number of rotatable bonds is 6. The highest BCUT2D eigenvalue weighted by Gasteiger charge is 2.01. The number of hydrogen-bond donors (Lipinski definition) is 1. The van der Waals surface area contributed by atoms with E-state index >= 15 is 0 Å². The Hall–Kier alpha value is -1.81. The maximum absolute atomic E-state index is 5.73. The van der Waals surface area contributed by atoms with Crippen molar-refractivity contribution in [3.05, 3.63) is 47.5 Å². The maximum Gasteiger partial charge on any atom is 0.119 e. The van der Waals surface area contributed by atoms with Gasteiger partial charge in [0.05, 0.1) is 18.6 Å². The summed E-state index contributed by atoms with van der Waals surface area (Å²) in [5.41, 5.74) is 9.02. The fourth-order valence-corrected chi connectivity index (χ4v) is 1.96. The first-order valence-electron chi connectivity index (χ1n) is 6.61. The van der Waals surface area contributed by atoms with Gasteiger partial charge in [0.25, 0.3) is 0 Å². The fraction of sp³-hybridized carbons (Fsp3) is 0.400. The Balaban J connectivity index is 1.79. The summed E-state index contributed by atoms with van der Waals surface area (Å²) in [6.45, 7) is 6.30. The third-order valence-electron chi connectivity index (χ3n) is 3.29. The van der Waals surface area contributed by atoms with Gasteiger partial charge in [0.2, 0.25) is 0 Å². The van der Waals surface area contributed by atoms with Crippen LogP contribution < -0.4 is 10.5 Å². The van der Waals surface area contributed by atoms with Crippen LogP contribution in [0.25, 0.3) is 0 Å². The number of hydrogen-bond acceptors (Lipinski definition) is 3. The average molecular weight is 259 g/mol. The van der Waals surface area contributed by atoms with Crippen LogP contribution in [0.4, 0.5) is 0 Å². The molecule has 0 aliphatic rings. The van der Waals surface area contributed by atoms with E-state index in [1.165, 1.54) is 5.69 Å². The molecule has 0 atom stereocenters. The fourth-order valence-electron chi connectivity index (χ4n) is 1.96. The molecule has 1 aromatic heterocycles. The third-order valence-corrected chi connectivity index (χ3v) is 3.29. The number of nitrogens with two attached hydrogens (primary N) is 1. The molecule has 19 heavy (non-hydrogen) atoms. The second-order valence-electron chi connectivity index (χ2n) is 4.66. The van der Waals surface area contributed by atoms with Crippen LogP contribution in [0, 0.1) is 13.8 Å². The van der Waals surface area contributed by atoms with Gasteiger partial charge < -0.3 is 15.0 Å². The molecule has 2 N–H and O–H groups in total. The first kappa shape index (κ1) is 13.6. The highest BCUT2D eigenvalue weighted by atomic mass is 16.5. The van der Waals surface area contributed by atoms with E-state index in [1.807, 2.05) is 37.5 Å². The normalized spacial score (nSPS) is 10.7. The van der Waals surface area contributed by atoms with Gasteiger partial charge in [-0.25, -0.2) is 4.98 Å². The molecule has 0 fully saturated rings. The first-order chi connectivity index (χ1) is 9.20. The zero-order chi connectivity index (χ0) is 13.7. The Kier molecular flexibility index (Phi) is 4.58. The molecule has 0 amide bonds. The average Bonchev–Trinajstić information content (AvgIpc) is 2.75. The van der Waals surface area contributed by atoms with E-state index in [0.29, 0.717) is 13.2 Å². The van der Waals surface area contributed by atoms with Crippen molar-refractivity contribution in [2.75, 3.05) is 6.61 Å². The minimum absolute atomic E-state index is 0.546. The Labute approximate surface area is 114 Å². The van der Waals surface area contributed by atoms with Gasteiger partial charge in [0.1, 0.15) is 5.75 Å². The van der Waals surface area contributed by atoms with Gasteiger partial charge in [0.15, 0.2) is 0 Å². The topological polar surface area (TPSA) is 53.1 Å². The molecule has 0 aliphatic heterocycles. The minimum Gasteiger partial charge on any atom is -0.494 e. The molecule has 1 aromatic carbocycles. The molecule has 2 rings (SSSR count). The van der Waals surface area contributed by atoms with E-state index in [2.05, 4.69) is 16.5 Å². The summed E-state index contributed by atoms with van der Waals surface area (Å²) in [5.74, 6) is 0.890. The summed E-state index contributed by atoms with van der Waals surface area (Å²) in [6.07, 6.45) is 2.85. The monoisotopic (exact) mass is 259 g/mol. The van der Waals surface area contributed by atoms with Gasteiger partial charge in [-0.3, -0.25) is 0 Å². The molecule has 2 aromatic rings. The molecule has 0 bridgehead atoms. The molecule has 0 saturated heterocycles. The third kappa shape index (κ3) is 3.58. The van der Waals surface area contributed by atoms with Crippen LogP contribution >= 0.6 is 0 Å². The standard InChI is InChI=1S/C15H21N3O/c1-12-13(2)18(11-17-12)7-4-8-19-15-6-3-5-14(9-15)10-16/h3,5-6,9,11H,4,7-8,10,16H2,1-2H3. The predicted octanol–water partition coefficient (Wildman–Crippen LogP) is 2.43. The molecule has 0 aliphatic carbocycles. The smallest absolute Gasteiger partial charge is 0.119 e. The summed E-state index contributed by atoms with van der Waals surface area (Å²) in [5, 5.41) is 0. The lowest BCUT2D eigenvalue weighted by molar-refractivity contribution is 0.301. The van der Waals surface area contributed by atoms with E-state index in [4.69, 9.17) is 10.5 Å². The van der Waals surface area contributed by atoms with Gasteiger partial charge in [-0.15, -0.1) is 0 Å². The number of ether oxygens (including phenoxy) is 1. The Morgan fingerprint density at radius 3 is 2.84 bits per heavy atom. The molecule has 4 nitrogen and oxygen atoms in total. The summed E-state index contributed by atoms with van der Waals surface area (Å²) < 4.78 is 7.89. The van der Waals surface area contributed by atoms with Crippen LogP contribution in [0.15, 0.2) is 30.6 Å². The lowest BCUT2D eigenvalue weighted by atomic mass is 10.2. The minimum atomic E-state index is 0.546. The van der Waals surface area contributed by atoms with Crippen molar-refractivity contribution >= 4 is 0 Å². The molecule has 1 heterocycles. The van der Waals surface area contributed by atoms with E-state index in [1.54, 1.807) is 0 Å². The highest BCUT2D eigenvalue weighted by molar-refractivity contribution is 5.28. The van der Waals surface area contributed by atoms with Crippen LogP contribution in [0.3, 0.4) is 0 Å². The summed E-state index contributed by atoms with van der Waals surface area (Å²) in [7, 11) is 0. The number of benzene rings is 1. The Morgan fingerprint density at radius 2 is 2.16 bits per heavy atom. The molecule has 0 radical (unpaired) electrons. The van der Waals surface area contributed by atoms with Crippen LogP contribution in [0.5, 0.6) is 5.75 Å². The second-order valence-corrected chi connectivity index (χ2v) is 4.66. The zero-order valence-corrected chi connectivity index (χ0v) is 11.6. The highest BCUT2D eigenvalue weighted by Crippen LogP contribution is 2.13. The van der Waals surface area contributed by atoms with Crippen molar-refractivity contribution in [3.8, 4) is 5.75 Å². The maximum atomic E-state index is 5.73. The predicted molar refractivity (Wildman–Crippen MR) is 76.1 cm³/mol. The van der Waals surface area contributed by atoms with Crippen molar-refractivity contribution in [1.29, 1.82) is 0 Å². The number of aromatic nitrogens is 2. The Morgan fingerprint density at radius 1 is 1.32 bits per heavy atom. The van der Waals surface area contributed by atoms with Gasteiger partial charge in [-0.2, -0.15) is 0 Å². The molecule has 0 unspecified atom stereocenters. The molecular formula is C15H21N3O. The van der Waals surface area contributed by atoms with Crippen LogP contribution in [0.1, 0.15) is 23.4 Å². The lowest BCUT2D eigenvalue weighted by Crippen LogP contribution is -2.05. The quantitative estimate of drug-likeness (QED) is 0.811. The molecule has 4 heteroatoms. The first-order valence-corrected chi connectivity index (χ1v) is 6.61. The van der Waals surface area contributed by atoms with Crippen LogP contribution in [-0.2, 0) is 13.1 Å². The SMILES string of the molecule is Cc1ncn(CCCOc2cccc(CN)c2)c1C. The number of aryl methyl sites for hydroxylation is 2. The summed E-state index contributed by atoms with van der Waals surface area (Å²) in [6, 6.07) is 7.93. The van der Waals surface area contributed by atoms with Crippen molar-refractivity contribution < 1.29 is 4.74 Å². The Bertz CT molecular complexity index is 534. The van der Waals surface area contributed by atoms with Crippen LogP contribution in [0.2, 0.25) is 0 Å². The van der Waals surface area contributed by atoms with E-state index < -0.39 is 0 Å². The van der Waals surface area contributed by atoms with Gasteiger partial charge in [-0.05, 0) is 38.0 Å². The lowest BCUT2D eigenvalue weighted by Gasteiger charge is -2.09. The molecule has 102 valence electrons. The summed E-state index contributed by atoms with van der Waals surface area (Å²) in [4.78, 5) is 4.28. The number of imidazole rings is 1. The van der Waals surface area contributed by atoms with Crippen molar-refractivity contribution in [2.45, 2.75) is 33.4 Å². The van der Waals surface area contributed by atoms with Gasteiger partial charge in [0, 0.05) is 18.8 Å². The largest absolute Gasteiger partial charge is 0.494 e. The molecule has 0 saturated carbocycles. The van der Waals surface area contributed by atoms with Gasteiger partial charge in [-0.1, -0.05) is 12.1 Å². The van der Waals surface area contributed by atoms with E-state index in [9.17, 15) is 0 Å². The second kappa shape index (κ2) is 6.38. The summed E-state index contributed by atoms with van der Waals surface area (Å²) >= 11 is 0. The van der Waals surface area contributed by atoms with Crippen molar-refractivity contribution in [2.24, 2.45) is 5.73 Å². The van der Waals surface area contributed by atoms with E-state index in [-0.39, 0.29) is 0 Å². The molecular weight excluding hydrogens is 238 g/mol. The number of nitrogens with zero attached hydrogens (tertiary/aromatic N) is 2.